The fourth-order valence-corrected chi connectivity index (χ4v) is 4.54. The van der Waals surface area contributed by atoms with Gasteiger partial charge in [0.25, 0.3) is 0 Å². The first-order valence-corrected chi connectivity index (χ1v) is 9.88. The zero-order valence-corrected chi connectivity index (χ0v) is 17.5. The van der Waals surface area contributed by atoms with E-state index in [2.05, 4.69) is 4.98 Å². The molecular weight excluding hydrogens is 406 g/mol. The summed E-state index contributed by atoms with van der Waals surface area (Å²) in [4.78, 5) is 42.5. The van der Waals surface area contributed by atoms with Gasteiger partial charge in [-0.15, -0.1) is 11.3 Å². The van der Waals surface area contributed by atoms with Crippen molar-refractivity contribution in [3.63, 3.8) is 0 Å². The molecule has 0 spiro atoms. The number of pyridine rings is 1. The van der Waals surface area contributed by atoms with Gasteiger partial charge in [-0.1, -0.05) is 12.1 Å². The van der Waals surface area contributed by atoms with Crippen LogP contribution in [-0.4, -0.2) is 31.1 Å². The van der Waals surface area contributed by atoms with Crippen molar-refractivity contribution in [1.82, 2.24) is 4.98 Å². The van der Waals surface area contributed by atoms with E-state index in [1.165, 1.54) is 25.6 Å². The monoisotopic (exact) mass is 423 g/mol. The second-order valence-electron chi connectivity index (χ2n) is 6.64. The molecule has 7 nitrogen and oxygen atoms in total. The minimum Gasteiger partial charge on any atom is -0.465 e. The summed E-state index contributed by atoms with van der Waals surface area (Å²) in [5.74, 6) is -1.32. The minimum absolute atomic E-state index is 0.0447. The minimum atomic E-state index is -0.700. The fourth-order valence-electron chi connectivity index (χ4n) is 3.55. The van der Waals surface area contributed by atoms with Crippen LogP contribution in [0.1, 0.15) is 32.0 Å². The molecular formula is C22H17NO6S. The number of carbonyl (C=O) groups is 2. The van der Waals surface area contributed by atoms with Gasteiger partial charge in [-0.2, -0.15) is 0 Å². The molecule has 0 unspecified atom stereocenters. The molecule has 0 aliphatic carbocycles. The third kappa shape index (κ3) is 2.88. The van der Waals surface area contributed by atoms with Gasteiger partial charge < -0.3 is 13.9 Å². The Kier molecular flexibility index (Phi) is 4.87. The number of fused-ring (bicyclic) bond motifs is 3. The number of para-hydroxylation sites is 1. The zero-order chi connectivity index (χ0) is 21.6. The number of esters is 2. The Morgan fingerprint density at radius 3 is 2.40 bits per heavy atom. The van der Waals surface area contributed by atoms with Crippen LogP contribution in [0.5, 0.6) is 0 Å². The lowest BCUT2D eigenvalue weighted by Crippen LogP contribution is -2.18. The van der Waals surface area contributed by atoms with E-state index in [4.69, 9.17) is 13.9 Å². The van der Waals surface area contributed by atoms with Gasteiger partial charge in [0.05, 0.1) is 47.0 Å². The second-order valence-corrected chi connectivity index (χ2v) is 7.52. The number of carbonyl (C=O) groups excluding carboxylic acids is 2. The van der Waals surface area contributed by atoms with Gasteiger partial charge >= 0.3 is 11.9 Å². The van der Waals surface area contributed by atoms with Crippen molar-refractivity contribution in [3.05, 3.63) is 62.3 Å². The van der Waals surface area contributed by atoms with Crippen molar-refractivity contribution in [2.24, 2.45) is 0 Å². The van der Waals surface area contributed by atoms with Crippen LogP contribution in [-0.2, 0) is 9.47 Å². The first kappa shape index (κ1) is 19.8. The van der Waals surface area contributed by atoms with E-state index in [1.807, 2.05) is 18.2 Å². The molecule has 0 atom stereocenters. The summed E-state index contributed by atoms with van der Waals surface area (Å²) in [6.45, 7) is 3.22. The average Bonchev–Trinajstić information content (AvgIpc) is 3.12. The number of furan rings is 1. The van der Waals surface area contributed by atoms with Gasteiger partial charge in [0.1, 0.15) is 5.58 Å². The molecule has 0 N–H and O–H groups in total. The molecule has 4 rings (SSSR count). The number of aromatic nitrogens is 1. The topological polar surface area (TPSA) is 95.7 Å². The van der Waals surface area contributed by atoms with E-state index in [9.17, 15) is 14.4 Å². The van der Waals surface area contributed by atoms with Gasteiger partial charge in [0.15, 0.2) is 5.58 Å². The maximum absolute atomic E-state index is 13.3. The Hall–Kier alpha value is -3.52. The lowest BCUT2D eigenvalue weighted by molar-refractivity contribution is 0.0596. The zero-order valence-electron chi connectivity index (χ0n) is 16.7. The highest BCUT2D eigenvalue weighted by molar-refractivity contribution is 7.17. The number of methoxy groups -OCH3 is 2. The van der Waals surface area contributed by atoms with Crippen molar-refractivity contribution in [1.29, 1.82) is 0 Å². The molecule has 3 aromatic heterocycles. The van der Waals surface area contributed by atoms with E-state index in [1.54, 1.807) is 25.3 Å². The van der Waals surface area contributed by atoms with Crippen LogP contribution in [0.3, 0.4) is 0 Å². The van der Waals surface area contributed by atoms with Crippen LogP contribution in [0, 0.1) is 13.8 Å². The fraction of sp³-hybridized carbons (Fsp3) is 0.182. The molecule has 0 saturated carbocycles. The highest BCUT2D eigenvalue weighted by atomic mass is 32.1. The summed E-state index contributed by atoms with van der Waals surface area (Å²) in [6, 6.07) is 7.38. The largest absolute Gasteiger partial charge is 0.465 e. The average molecular weight is 423 g/mol. The second kappa shape index (κ2) is 7.38. The van der Waals surface area contributed by atoms with E-state index in [0.29, 0.717) is 16.8 Å². The molecule has 4 aromatic rings. The Bertz CT molecular complexity index is 1400. The first-order chi connectivity index (χ1) is 14.4. The molecule has 3 heterocycles. The summed E-state index contributed by atoms with van der Waals surface area (Å²) in [5.41, 5.74) is 1.66. The number of benzene rings is 1. The molecule has 8 heteroatoms. The highest BCUT2D eigenvalue weighted by Gasteiger charge is 2.28. The summed E-state index contributed by atoms with van der Waals surface area (Å²) in [6.07, 6.45) is 0. The van der Waals surface area contributed by atoms with Crippen LogP contribution in [0.2, 0.25) is 0 Å². The van der Waals surface area contributed by atoms with Crippen molar-refractivity contribution in [2.45, 2.75) is 13.8 Å². The Morgan fingerprint density at radius 2 is 1.70 bits per heavy atom. The highest BCUT2D eigenvalue weighted by Crippen LogP contribution is 2.34. The van der Waals surface area contributed by atoms with Gasteiger partial charge in [0.2, 0.25) is 5.43 Å². The van der Waals surface area contributed by atoms with E-state index in [-0.39, 0.29) is 33.4 Å². The predicted octanol–water partition coefficient (Wildman–Crippen LogP) is 4.26. The number of hydrogen-bond acceptors (Lipinski definition) is 8. The van der Waals surface area contributed by atoms with Crippen LogP contribution in [0.4, 0.5) is 0 Å². The maximum atomic E-state index is 13.3. The SMILES string of the molecule is COC(=O)c1c(C)nc(-c2csc3c(oc4ccccc43)c2=O)c(C(=O)OC)c1C. The molecule has 0 fully saturated rings. The molecule has 152 valence electrons. The number of rotatable bonds is 3. The Balaban J connectivity index is 2.07. The summed E-state index contributed by atoms with van der Waals surface area (Å²) >= 11 is 1.33. The number of nitrogens with zero attached hydrogens (tertiary/aromatic N) is 1. The standard InChI is InChI=1S/C22H17NO6S/c1-10-15(21(25)27-3)11(2)23-17(16(10)22(26)28-4)13-9-30-20-12-7-5-6-8-14(12)29-19(20)18(13)24/h5-9H,1-4H3. The first-order valence-electron chi connectivity index (χ1n) is 9.00. The van der Waals surface area contributed by atoms with Crippen molar-refractivity contribution in [3.8, 4) is 11.3 Å². The summed E-state index contributed by atoms with van der Waals surface area (Å²) in [5, 5.41) is 2.49. The van der Waals surface area contributed by atoms with E-state index in [0.717, 1.165) is 10.1 Å². The third-order valence-electron chi connectivity index (χ3n) is 4.96. The molecule has 0 radical (unpaired) electrons. The summed E-state index contributed by atoms with van der Waals surface area (Å²) < 4.78 is 16.2. The van der Waals surface area contributed by atoms with Crippen molar-refractivity contribution >= 4 is 44.5 Å². The van der Waals surface area contributed by atoms with E-state index >= 15 is 0 Å². The molecule has 30 heavy (non-hydrogen) atoms. The smallest absolute Gasteiger partial charge is 0.340 e. The Labute approximate surface area is 174 Å². The van der Waals surface area contributed by atoms with Gasteiger partial charge in [-0.3, -0.25) is 9.78 Å². The van der Waals surface area contributed by atoms with Gasteiger partial charge in [-0.05, 0) is 31.5 Å². The van der Waals surface area contributed by atoms with Crippen molar-refractivity contribution in [2.75, 3.05) is 14.2 Å². The maximum Gasteiger partial charge on any atom is 0.340 e. The third-order valence-corrected chi connectivity index (χ3v) is 5.95. The van der Waals surface area contributed by atoms with Crippen LogP contribution < -0.4 is 5.43 Å². The van der Waals surface area contributed by atoms with E-state index < -0.39 is 11.9 Å². The molecule has 0 aliphatic heterocycles. The van der Waals surface area contributed by atoms with Crippen LogP contribution >= 0.6 is 11.3 Å². The lowest BCUT2D eigenvalue weighted by atomic mass is 9.97. The molecule has 0 bridgehead atoms. The van der Waals surface area contributed by atoms with Gasteiger partial charge in [-0.25, -0.2) is 9.59 Å². The van der Waals surface area contributed by atoms with Gasteiger partial charge in [0, 0.05) is 10.8 Å². The lowest BCUT2D eigenvalue weighted by Gasteiger charge is -2.15. The van der Waals surface area contributed by atoms with Crippen LogP contribution in [0.25, 0.3) is 32.5 Å². The van der Waals surface area contributed by atoms with Crippen molar-refractivity contribution < 1.29 is 23.5 Å². The molecule has 0 saturated heterocycles. The molecule has 1 aromatic carbocycles. The molecule has 0 aliphatic rings. The van der Waals surface area contributed by atoms with Crippen LogP contribution in [0.15, 0.2) is 38.9 Å². The normalized spacial score (nSPS) is 11.1. The Morgan fingerprint density at radius 1 is 1.03 bits per heavy atom. The quantitative estimate of drug-likeness (QED) is 0.454. The number of hydrogen-bond donors (Lipinski definition) is 0. The number of aryl methyl sites for hydroxylation is 1. The molecule has 0 amide bonds. The predicted molar refractivity (Wildman–Crippen MR) is 113 cm³/mol. The summed E-state index contributed by atoms with van der Waals surface area (Å²) in [7, 11) is 2.48. The number of ether oxygens (including phenoxy) is 2.